The summed E-state index contributed by atoms with van der Waals surface area (Å²) in [6, 6.07) is 0. The molecular weight excluding hydrogens is 186 g/mol. The SMILES string of the molecule is CCC(C)CC1CNCC2(CCCC2)O1. The van der Waals surface area contributed by atoms with Gasteiger partial charge in [0.1, 0.15) is 0 Å². The van der Waals surface area contributed by atoms with Gasteiger partial charge in [0, 0.05) is 13.1 Å². The second-order valence-electron chi connectivity index (χ2n) is 5.51. The van der Waals surface area contributed by atoms with E-state index in [1.54, 1.807) is 0 Å². The molecule has 0 aromatic carbocycles. The third-order valence-electron chi connectivity index (χ3n) is 4.11. The molecule has 2 aliphatic rings. The van der Waals surface area contributed by atoms with Gasteiger partial charge < -0.3 is 10.1 Å². The molecule has 2 nitrogen and oxygen atoms in total. The van der Waals surface area contributed by atoms with Crippen molar-refractivity contribution in [1.82, 2.24) is 5.32 Å². The number of ether oxygens (including phenoxy) is 1. The smallest absolute Gasteiger partial charge is 0.0810 e. The van der Waals surface area contributed by atoms with E-state index >= 15 is 0 Å². The summed E-state index contributed by atoms with van der Waals surface area (Å²) in [6.07, 6.45) is 8.23. The lowest BCUT2D eigenvalue weighted by molar-refractivity contribution is -0.118. The van der Waals surface area contributed by atoms with Crippen molar-refractivity contribution in [3.63, 3.8) is 0 Å². The van der Waals surface area contributed by atoms with E-state index in [2.05, 4.69) is 19.2 Å². The Bertz CT molecular complexity index is 199. The van der Waals surface area contributed by atoms with Crippen LogP contribution in [0.25, 0.3) is 0 Å². The Labute approximate surface area is 93.8 Å². The van der Waals surface area contributed by atoms with Gasteiger partial charge in [0.15, 0.2) is 0 Å². The first-order chi connectivity index (χ1) is 7.24. The number of hydrogen-bond donors (Lipinski definition) is 1. The molecule has 2 fully saturated rings. The summed E-state index contributed by atoms with van der Waals surface area (Å²) >= 11 is 0. The molecule has 88 valence electrons. The van der Waals surface area contributed by atoms with Gasteiger partial charge in [-0.05, 0) is 25.2 Å². The van der Waals surface area contributed by atoms with Crippen LogP contribution in [0, 0.1) is 5.92 Å². The fourth-order valence-electron chi connectivity index (χ4n) is 2.96. The van der Waals surface area contributed by atoms with Gasteiger partial charge in [-0.15, -0.1) is 0 Å². The van der Waals surface area contributed by atoms with E-state index in [9.17, 15) is 0 Å². The Morgan fingerprint density at radius 2 is 2.13 bits per heavy atom. The second kappa shape index (κ2) is 4.84. The summed E-state index contributed by atoms with van der Waals surface area (Å²) in [5.74, 6) is 0.799. The van der Waals surface area contributed by atoms with Crippen LogP contribution >= 0.6 is 0 Å². The van der Waals surface area contributed by atoms with Gasteiger partial charge in [-0.1, -0.05) is 33.1 Å². The van der Waals surface area contributed by atoms with Crippen LogP contribution in [-0.4, -0.2) is 24.8 Å². The maximum absolute atomic E-state index is 6.34. The average Bonchev–Trinajstić information content (AvgIpc) is 2.66. The molecule has 1 N–H and O–H groups in total. The molecule has 0 bridgehead atoms. The molecule has 1 aliphatic heterocycles. The van der Waals surface area contributed by atoms with Crippen molar-refractivity contribution >= 4 is 0 Å². The Morgan fingerprint density at radius 1 is 1.40 bits per heavy atom. The van der Waals surface area contributed by atoms with Crippen molar-refractivity contribution < 1.29 is 4.74 Å². The average molecular weight is 211 g/mol. The summed E-state index contributed by atoms with van der Waals surface area (Å²) in [5.41, 5.74) is 0.219. The van der Waals surface area contributed by atoms with Crippen molar-refractivity contribution in [2.75, 3.05) is 13.1 Å². The van der Waals surface area contributed by atoms with Crippen LogP contribution in [0.3, 0.4) is 0 Å². The number of hydrogen-bond acceptors (Lipinski definition) is 2. The molecule has 1 aliphatic carbocycles. The molecule has 2 unspecified atom stereocenters. The number of morpholine rings is 1. The van der Waals surface area contributed by atoms with Crippen molar-refractivity contribution in [2.24, 2.45) is 5.92 Å². The Kier molecular flexibility index (Phi) is 3.68. The van der Waals surface area contributed by atoms with E-state index in [1.165, 1.54) is 38.5 Å². The van der Waals surface area contributed by atoms with E-state index in [0.29, 0.717) is 6.10 Å². The highest BCUT2D eigenvalue weighted by molar-refractivity contribution is 4.93. The van der Waals surface area contributed by atoms with E-state index in [0.717, 1.165) is 19.0 Å². The fourth-order valence-corrected chi connectivity index (χ4v) is 2.96. The van der Waals surface area contributed by atoms with E-state index in [1.807, 2.05) is 0 Å². The minimum absolute atomic E-state index is 0.219. The molecular formula is C13H25NO. The highest BCUT2D eigenvalue weighted by atomic mass is 16.5. The first-order valence-electron chi connectivity index (χ1n) is 6.63. The molecule has 15 heavy (non-hydrogen) atoms. The second-order valence-corrected chi connectivity index (χ2v) is 5.51. The molecule has 2 heteroatoms. The Morgan fingerprint density at radius 3 is 2.80 bits per heavy atom. The third kappa shape index (κ3) is 2.73. The zero-order chi connectivity index (χ0) is 10.7. The van der Waals surface area contributed by atoms with Crippen LogP contribution in [0.4, 0.5) is 0 Å². The zero-order valence-corrected chi connectivity index (χ0v) is 10.2. The summed E-state index contributed by atoms with van der Waals surface area (Å²) in [6.45, 7) is 6.75. The highest BCUT2D eigenvalue weighted by Crippen LogP contribution is 2.36. The van der Waals surface area contributed by atoms with Gasteiger partial charge in [0.2, 0.25) is 0 Å². The lowest BCUT2D eigenvalue weighted by Crippen LogP contribution is -2.52. The van der Waals surface area contributed by atoms with Crippen molar-refractivity contribution in [2.45, 2.75) is 64.1 Å². The predicted octanol–water partition coefficient (Wildman–Crippen LogP) is 2.72. The quantitative estimate of drug-likeness (QED) is 0.775. The molecule has 1 saturated carbocycles. The van der Waals surface area contributed by atoms with Crippen LogP contribution in [0.5, 0.6) is 0 Å². The van der Waals surface area contributed by atoms with Gasteiger partial charge in [0.05, 0.1) is 11.7 Å². The molecule has 2 atom stereocenters. The first kappa shape index (κ1) is 11.4. The van der Waals surface area contributed by atoms with Crippen LogP contribution < -0.4 is 5.32 Å². The van der Waals surface area contributed by atoms with E-state index in [4.69, 9.17) is 4.74 Å². The molecule has 0 aromatic rings. The molecule has 1 spiro atoms. The largest absolute Gasteiger partial charge is 0.369 e. The van der Waals surface area contributed by atoms with Gasteiger partial charge >= 0.3 is 0 Å². The highest BCUT2D eigenvalue weighted by Gasteiger charge is 2.39. The van der Waals surface area contributed by atoms with E-state index in [-0.39, 0.29) is 5.60 Å². The van der Waals surface area contributed by atoms with Crippen LogP contribution in [0.1, 0.15) is 52.4 Å². The Balaban J connectivity index is 1.86. The predicted molar refractivity (Wildman–Crippen MR) is 63.0 cm³/mol. The van der Waals surface area contributed by atoms with Crippen LogP contribution in [0.2, 0.25) is 0 Å². The molecule has 1 heterocycles. The van der Waals surface area contributed by atoms with E-state index < -0.39 is 0 Å². The maximum Gasteiger partial charge on any atom is 0.0810 e. The molecule has 2 rings (SSSR count). The van der Waals surface area contributed by atoms with Crippen LogP contribution in [-0.2, 0) is 4.74 Å². The summed E-state index contributed by atoms with van der Waals surface area (Å²) in [7, 11) is 0. The van der Waals surface area contributed by atoms with Gasteiger partial charge in [-0.25, -0.2) is 0 Å². The summed E-state index contributed by atoms with van der Waals surface area (Å²) in [4.78, 5) is 0. The lowest BCUT2D eigenvalue weighted by atomic mass is 9.95. The third-order valence-corrected chi connectivity index (χ3v) is 4.11. The summed E-state index contributed by atoms with van der Waals surface area (Å²) < 4.78 is 6.34. The van der Waals surface area contributed by atoms with Crippen molar-refractivity contribution in [3.8, 4) is 0 Å². The first-order valence-corrected chi connectivity index (χ1v) is 6.63. The van der Waals surface area contributed by atoms with Crippen molar-refractivity contribution in [1.29, 1.82) is 0 Å². The minimum atomic E-state index is 0.219. The molecule has 1 saturated heterocycles. The summed E-state index contributed by atoms with van der Waals surface area (Å²) in [5, 5.41) is 3.57. The lowest BCUT2D eigenvalue weighted by Gasteiger charge is -2.40. The Hall–Kier alpha value is -0.0800. The van der Waals surface area contributed by atoms with Crippen molar-refractivity contribution in [3.05, 3.63) is 0 Å². The molecule has 0 amide bonds. The van der Waals surface area contributed by atoms with Gasteiger partial charge in [-0.3, -0.25) is 0 Å². The maximum atomic E-state index is 6.34. The number of rotatable bonds is 3. The van der Waals surface area contributed by atoms with Crippen LogP contribution in [0.15, 0.2) is 0 Å². The normalized spacial score (nSPS) is 32.0. The fraction of sp³-hybridized carbons (Fsp3) is 1.00. The minimum Gasteiger partial charge on any atom is -0.369 e. The standard InChI is InChI=1S/C13H25NO/c1-3-11(2)8-12-9-14-10-13(15-12)6-4-5-7-13/h11-12,14H,3-10H2,1-2H3. The molecule has 0 radical (unpaired) electrons. The monoisotopic (exact) mass is 211 g/mol. The zero-order valence-electron chi connectivity index (χ0n) is 10.2. The van der Waals surface area contributed by atoms with Gasteiger partial charge in [-0.2, -0.15) is 0 Å². The molecule has 0 aromatic heterocycles. The topological polar surface area (TPSA) is 21.3 Å². The van der Waals surface area contributed by atoms with Gasteiger partial charge in [0.25, 0.3) is 0 Å². The number of nitrogens with one attached hydrogen (secondary N) is 1.